The molecule has 2 atom stereocenters. The van der Waals surface area contributed by atoms with E-state index in [4.69, 9.17) is 4.42 Å². The summed E-state index contributed by atoms with van der Waals surface area (Å²) in [6.07, 6.45) is 3.69. The Morgan fingerprint density at radius 1 is 1.32 bits per heavy atom. The van der Waals surface area contributed by atoms with E-state index in [1.165, 1.54) is 19.1 Å². The van der Waals surface area contributed by atoms with Crippen LogP contribution in [0.2, 0.25) is 0 Å². The molecule has 0 spiro atoms. The van der Waals surface area contributed by atoms with Gasteiger partial charge in [0.25, 0.3) is 5.91 Å². The predicted molar refractivity (Wildman–Crippen MR) is 99.0 cm³/mol. The summed E-state index contributed by atoms with van der Waals surface area (Å²) >= 11 is 0. The van der Waals surface area contributed by atoms with Gasteiger partial charge >= 0.3 is 0 Å². The molecule has 0 unspecified atom stereocenters. The number of nitrogens with zero attached hydrogens (tertiary/aromatic N) is 1. The van der Waals surface area contributed by atoms with Crippen LogP contribution >= 0.6 is 12.4 Å². The lowest BCUT2D eigenvalue weighted by Crippen LogP contribution is -2.41. The molecule has 1 aromatic rings. The molecular weight excluding hydrogens is 364 g/mol. The second kappa shape index (κ2) is 7.68. The van der Waals surface area contributed by atoms with Crippen LogP contribution in [-0.2, 0) is 9.84 Å². The first-order valence-corrected chi connectivity index (χ1v) is 10.6. The molecule has 1 aromatic heterocycles. The SMILES string of the molecule is Cc1cc(C(=O)N[C@H]2CN(CCS(C)(=O)=O)C[C@@H]2C2CC2)c(C)o1.Cl. The minimum Gasteiger partial charge on any atom is -0.466 e. The summed E-state index contributed by atoms with van der Waals surface area (Å²) in [6, 6.07) is 1.85. The maximum Gasteiger partial charge on any atom is 0.255 e. The molecule has 2 heterocycles. The largest absolute Gasteiger partial charge is 0.466 e. The summed E-state index contributed by atoms with van der Waals surface area (Å²) in [7, 11) is -2.96. The lowest BCUT2D eigenvalue weighted by atomic mass is 9.98. The van der Waals surface area contributed by atoms with Gasteiger partial charge in [0.05, 0.1) is 11.3 Å². The average molecular weight is 391 g/mol. The Kier molecular flexibility index (Phi) is 6.22. The van der Waals surface area contributed by atoms with E-state index in [2.05, 4.69) is 10.2 Å². The molecule has 1 amide bonds. The second-order valence-corrected chi connectivity index (χ2v) is 9.56. The van der Waals surface area contributed by atoms with Gasteiger partial charge in [-0.05, 0) is 44.6 Å². The van der Waals surface area contributed by atoms with Crippen LogP contribution in [0.4, 0.5) is 0 Å². The van der Waals surface area contributed by atoms with Crippen molar-refractivity contribution in [3.8, 4) is 0 Å². The van der Waals surface area contributed by atoms with Crippen LogP contribution in [0.15, 0.2) is 10.5 Å². The summed E-state index contributed by atoms with van der Waals surface area (Å²) in [5.74, 6) is 2.53. The number of rotatable bonds is 6. The molecule has 0 radical (unpaired) electrons. The van der Waals surface area contributed by atoms with Gasteiger partial charge in [-0.3, -0.25) is 9.69 Å². The summed E-state index contributed by atoms with van der Waals surface area (Å²) < 4.78 is 28.2. The van der Waals surface area contributed by atoms with Crippen LogP contribution in [0.3, 0.4) is 0 Å². The van der Waals surface area contributed by atoms with E-state index in [0.717, 1.165) is 18.8 Å². The number of amides is 1. The monoisotopic (exact) mass is 390 g/mol. The number of furan rings is 1. The fourth-order valence-electron chi connectivity index (χ4n) is 3.65. The minimum atomic E-state index is -2.96. The number of carbonyl (C=O) groups excluding carboxylic acids is 1. The normalized spacial score (nSPS) is 24.1. The van der Waals surface area contributed by atoms with Gasteiger partial charge in [0, 0.05) is 31.9 Å². The number of carbonyl (C=O) groups is 1. The Labute approximate surface area is 155 Å². The molecule has 0 aromatic carbocycles. The third-order valence-corrected chi connectivity index (χ3v) is 5.97. The van der Waals surface area contributed by atoms with Gasteiger partial charge in [-0.1, -0.05) is 0 Å². The zero-order valence-corrected chi connectivity index (χ0v) is 16.6. The minimum absolute atomic E-state index is 0. The highest BCUT2D eigenvalue weighted by atomic mass is 35.5. The standard InChI is InChI=1S/C17H26N2O4S.ClH/c1-11-8-14(12(2)23-11)17(20)18-16-10-19(6-7-24(3,21)22)9-15(16)13-4-5-13;/h8,13,15-16H,4-7,9-10H2,1-3H3,(H,18,20);1H/t15-,16+;/m1./s1. The van der Waals surface area contributed by atoms with Gasteiger partial charge in [0.1, 0.15) is 21.4 Å². The molecule has 1 aliphatic carbocycles. The highest BCUT2D eigenvalue weighted by Gasteiger charge is 2.43. The van der Waals surface area contributed by atoms with Gasteiger partial charge in [-0.2, -0.15) is 0 Å². The maximum atomic E-state index is 12.6. The van der Waals surface area contributed by atoms with Gasteiger partial charge in [-0.15, -0.1) is 12.4 Å². The summed E-state index contributed by atoms with van der Waals surface area (Å²) in [5, 5.41) is 3.16. The zero-order valence-electron chi connectivity index (χ0n) is 14.9. The Balaban J connectivity index is 0.00000225. The van der Waals surface area contributed by atoms with Crippen LogP contribution in [-0.4, -0.2) is 56.9 Å². The number of aryl methyl sites for hydroxylation is 2. The fraction of sp³-hybridized carbons (Fsp3) is 0.706. The molecule has 25 heavy (non-hydrogen) atoms. The summed E-state index contributed by atoms with van der Waals surface area (Å²) in [6.45, 7) is 5.76. The number of nitrogens with one attached hydrogen (secondary N) is 1. The first-order valence-electron chi connectivity index (χ1n) is 8.51. The Bertz CT molecular complexity index is 727. The van der Waals surface area contributed by atoms with E-state index in [9.17, 15) is 13.2 Å². The Morgan fingerprint density at radius 3 is 2.52 bits per heavy atom. The van der Waals surface area contributed by atoms with E-state index >= 15 is 0 Å². The van der Waals surface area contributed by atoms with Crippen molar-refractivity contribution in [2.24, 2.45) is 11.8 Å². The highest BCUT2D eigenvalue weighted by Crippen LogP contribution is 2.41. The smallest absolute Gasteiger partial charge is 0.255 e. The van der Waals surface area contributed by atoms with E-state index < -0.39 is 9.84 Å². The summed E-state index contributed by atoms with van der Waals surface area (Å²) in [4.78, 5) is 14.7. The molecule has 142 valence electrons. The van der Waals surface area contributed by atoms with Gasteiger partial charge < -0.3 is 9.73 Å². The van der Waals surface area contributed by atoms with Crippen molar-refractivity contribution in [2.75, 3.05) is 31.6 Å². The molecule has 3 rings (SSSR count). The maximum absolute atomic E-state index is 12.6. The Morgan fingerprint density at radius 2 is 2.00 bits per heavy atom. The van der Waals surface area contributed by atoms with Crippen molar-refractivity contribution in [3.05, 3.63) is 23.2 Å². The molecule has 8 heteroatoms. The average Bonchev–Trinajstić information content (AvgIpc) is 3.15. The number of likely N-dealkylation sites (tertiary alicyclic amines) is 1. The van der Waals surface area contributed by atoms with Gasteiger partial charge in [0.2, 0.25) is 0 Å². The third kappa shape index (κ3) is 5.21. The Hall–Kier alpha value is -1.05. The fourth-order valence-corrected chi connectivity index (χ4v) is 4.24. The van der Waals surface area contributed by atoms with E-state index in [-0.39, 0.29) is 30.1 Å². The number of halogens is 1. The second-order valence-electron chi connectivity index (χ2n) is 7.30. The molecule has 1 aliphatic heterocycles. The number of hydrogen-bond acceptors (Lipinski definition) is 5. The predicted octanol–water partition coefficient (Wildman–Crippen LogP) is 1.80. The third-order valence-electron chi connectivity index (χ3n) is 5.05. The molecule has 2 aliphatic rings. The highest BCUT2D eigenvalue weighted by molar-refractivity contribution is 7.90. The first-order chi connectivity index (χ1) is 11.2. The van der Waals surface area contributed by atoms with Crippen LogP contribution in [0.5, 0.6) is 0 Å². The molecule has 6 nitrogen and oxygen atoms in total. The van der Waals surface area contributed by atoms with Crippen molar-refractivity contribution < 1.29 is 17.6 Å². The molecule has 1 saturated heterocycles. The number of sulfone groups is 1. The van der Waals surface area contributed by atoms with Crippen molar-refractivity contribution in [2.45, 2.75) is 32.7 Å². The van der Waals surface area contributed by atoms with Gasteiger partial charge in [-0.25, -0.2) is 8.42 Å². The quantitative estimate of drug-likeness (QED) is 0.801. The van der Waals surface area contributed by atoms with Crippen LogP contribution in [0.1, 0.15) is 34.7 Å². The van der Waals surface area contributed by atoms with Crippen molar-refractivity contribution in [3.63, 3.8) is 0 Å². The lowest BCUT2D eigenvalue weighted by molar-refractivity contribution is 0.0926. The summed E-state index contributed by atoms with van der Waals surface area (Å²) in [5.41, 5.74) is 0.594. The van der Waals surface area contributed by atoms with E-state index in [0.29, 0.717) is 29.7 Å². The molecule has 1 saturated carbocycles. The van der Waals surface area contributed by atoms with Crippen LogP contribution in [0, 0.1) is 25.7 Å². The van der Waals surface area contributed by atoms with Crippen LogP contribution < -0.4 is 5.32 Å². The zero-order chi connectivity index (χ0) is 17.5. The van der Waals surface area contributed by atoms with Gasteiger partial charge in [0.15, 0.2) is 0 Å². The first kappa shape index (κ1) is 20.3. The topological polar surface area (TPSA) is 79.6 Å². The van der Waals surface area contributed by atoms with E-state index in [1.807, 2.05) is 6.92 Å². The molecular formula is C17H27ClN2O4S. The molecule has 1 N–H and O–H groups in total. The van der Waals surface area contributed by atoms with Crippen molar-refractivity contribution in [1.82, 2.24) is 10.2 Å². The molecule has 2 fully saturated rings. The van der Waals surface area contributed by atoms with Crippen molar-refractivity contribution >= 4 is 28.2 Å². The number of hydrogen-bond donors (Lipinski definition) is 1. The van der Waals surface area contributed by atoms with E-state index in [1.54, 1.807) is 13.0 Å². The van der Waals surface area contributed by atoms with Crippen molar-refractivity contribution in [1.29, 1.82) is 0 Å². The molecule has 0 bridgehead atoms. The van der Waals surface area contributed by atoms with Crippen LogP contribution in [0.25, 0.3) is 0 Å². The lowest BCUT2D eigenvalue weighted by Gasteiger charge is -2.19.